The predicted octanol–water partition coefficient (Wildman–Crippen LogP) is 4.16. The number of aromatic nitrogens is 1. The van der Waals surface area contributed by atoms with Crippen LogP contribution < -0.4 is 0 Å². The molecular formula is C20H21NO2. The van der Waals surface area contributed by atoms with Crippen molar-refractivity contribution < 1.29 is 9.90 Å². The molecule has 0 aliphatic carbocycles. The van der Waals surface area contributed by atoms with Crippen LogP contribution in [0.2, 0.25) is 0 Å². The maximum Gasteiger partial charge on any atom is 0.337 e. The summed E-state index contributed by atoms with van der Waals surface area (Å²) in [5.41, 5.74) is 3.00. The second-order valence-electron chi connectivity index (χ2n) is 5.97. The second kappa shape index (κ2) is 8.14. The lowest BCUT2D eigenvalue weighted by Crippen LogP contribution is -1.97. The highest BCUT2D eigenvalue weighted by Crippen LogP contribution is 2.11. The summed E-state index contributed by atoms with van der Waals surface area (Å²) < 4.78 is 0. The average Bonchev–Trinajstić information content (AvgIpc) is 2.54. The fourth-order valence-electron chi connectivity index (χ4n) is 2.20. The Labute approximate surface area is 137 Å². The highest BCUT2D eigenvalue weighted by atomic mass is 16.4. The Bertz CT molecular complexity index is 704. The molecule has 0 radical (unpaired) electrons. The largest absolute Gasteiger partial charge is 0.478 e. The predicted molar refractivity (Wildman–Crippen MR) is 91.4 cm³/mol. The molecule has 2 rings (SSSR count). The van der Waals surface area contributed by atoms with Crippen molar-refractivity contribution in [3.63, 3.8) is 0 Å². The van der Waals surface area contributed by atoms with Gasteiger partial charge in [-0.1, -0.05) is 38.3 Å². The zero-order chi connectivity index (χ0) is 16.7. The van der Waals surface area contributed by atoms with Gasteiger partial charge in [-0.2, -0.15) is 0 Å². The minimum absolute atomic E-state index is 0.168. The van der Waals surface area contributed by atoms with E-state index in [2.05, 4.69) is 42.8 Å². The zero-order valence-corrected chi connectivity index (χ0v) is 13.5. The van der Waals surface area contributed by atoms with Crippen LogP contribution in [0.5, 0.6) is 0 Å². The topological polar surface area (TPSA) is 50.2 Å². The third-order valence-electron chi connectivity index (χ3n) is 3.55. The van der Waals surface area contributed by atoms with Crippen LogP contribution in [-0.4, -0.2) is 16.1 Å². The Balaban J connectivity index is 1.97. The van der Waals surface area contributed by atoms with Crippen LogP contribution >= 0.6 is 0 Å². The third kappa shape index (κ3) is 5.60. The van der Waals surface area contributed by atoms with Gasteiger partial charge in [-0.25, -0.2) is 9.78 Å². The molecule has 0 saturated heterocycles. The number of nitrogens with zero attached hydrogens (tertiary/aromatic N) is 1. The summed E-state index contributed by atoms with van der Waals surface area (Å²) in [4.78, 5) is 14.8. The maximum absolute atomic E-state index is 10.8. The number of carboxylic acids is 1. The second-order valence-corrected chi connectivity index (χ2v) is 5.97. The number of benzene rings is 1. The summed E-state index contributed by atoms with van der Waals surface area (Å²) in [5.74, 6) is 5.77. The SMILES string of the molecule is CC(C)CCCc1ccc(C#Cc2ccc(C(=O)O)cn2)cc1. The van der Waals surface area contributed by atoms with Crippen LogP contribution in [0.15, 0.2) is 42.6 Å². The molecule has 2 aromatic rings. The van der Waals surface area contributed by atoms with Gasteiger partial charge in [0.15, 0.2) is 0 Å². The third-order valence-corrected chi connectivity index (χ3v) is 3.55. The summed E-state index contributed by atoms with van der Waals surface area (Å²) in [6.45, 7) is 4.49. The Morgan fingerprint density at radius 1 is 1.13 bits per heavy atom. The van der Waals surface area contributed by atoms with Gasteiger partial charge in [0.2, 0.25) is 0 Å². The lowest BCUT2D eigenvalue weighted by molar-refractivity contribution is 0.0696. The van der Waals surface area contributed by atoms with Gasteiger partial charge >= 0.3 is 5.97 Å². The van der Waals surface area contributed by atoms with Crippen molar-refractivity contribution in [2.75, 3.05) is 0 Å². The standard InChI is InChI=1S/C20H21NO2/c1-15(2)4-3-5-16-6-8-17(9-7-16)10-12-19-13-11-18(14-21-19)20(22)23/h6-9,11,13-15H,3-5H2,1-2H3,(H,22,23). The van der Waals surface area contributed by atoms with E-state index in [9.17, 15) is 4.79 Å². The van der Waals surface area contributed by atoms with Gasteiger partial charge in [-0.3, -0.25) is 0 Å². The molecule has 118 valence electrons. The first kappa shape index (κ1) is 16.8. The van der Waals surface area contributed by atoms with E-state index in [4.69, 9.17) is 5.11 Å². The van der Waals surface area contributed by atoms with Crippen molar-refractivity contribution in [1.82, 2.24) is 4.98 Å². The Hall–Kier alpha value is -2.60. The van der Waals surface area contributed by atoms with E-state index < -0.39 is 5.97 Å². The molecule has 0 bridgehead atoms. The number of aromatic carboxylic acids is 1. The highest BCUT2D eigenvalue weighted by Gasteiger charge is 2.01. The first-order valence-corrected chi connectivity index (χ1v) is 7.85. The van der Waals surface area contributed by atoms with Crippen molar-refractivity contribution in [1.29, 1.82) is 0 Å². The summed E-state index contributed by atoms with van der Waals surface area (Å²) in [7, 11) is 0. The molecule has 3 heteroatoms. The minimum atomic E-state index is -0.981. The molecule has 0 aliphatic rings. The molecule has 0 atom stereocenters. The highest BCUT2D eigenvalue weighted by molar-refractivity contribution is 5.87. The number of aryl methyl sites for hydroxylation is 1. The maximum atomic E-state index is 10.8. The van der Waals surface area contributed by atoms with E-state index in [1.807, 2.05) is 12.1 Å². The van der Waals surface area contributed by atoms with Gasteiger partial charge in [0, 0.05) is 11.8 Å². The lowest BCUT2D eigenvalue weighted by Gasteiger charge is -2.04. The number of carbonyl (C=O) groups is 1. The van der Waals surface area contributed by atoms with Gasteiger partial charge in [0.25, 0.3) is 0 Å². The summed E-state index contributed by atoms with van der Waals surface area (Å²) in [6, 6.07) is 11.4. The molecule has 3 nitrogen and oxygen atoms in total. The van der Waals surface area contributed by atoms with Crippen molar-refractivity contribution >= 4 is 5.97 Å². The Morgan fingerprint density at radius 2 is 1.87 bits per heavy atom. The molecule has 1 N–H and O–H groups in total. The number of carboxylic acid groups (broad SMARTS) is 1. The molecule has 1 aromatic carbocycles. The van der Waals surface area contributed by atoms with Gasteiger partial charge in [-0.05, 0) is 54.5 Å². The Kier molecular flexibility index (Phi) is 5.94. The van der Waals surface area contributed by atoms with E-state index in [0.29, 0.717) is 5.69 Å². The first-order chi connectivity index (χ1) is 11.0. The summed E-state index contributed by atoms with van der Waals surface area (Å²) in [6.07, 6.45) is 4.89. The number of hydrogen-bond acceptors (Lipinski definition) is 2. The monoisotopic (exact) mass is 307 g/mol. The van der Waals surface area contributed by atoms with E-state index in [1.165, 1.54) is 30.7 Å². The molecular weight excluding hydrogens is 286 g/mol. The zero-order valence-electron chi connectivity index (χ0n) is 13.5. The molecule has 0 saturated carbocycles. The average molecular weight is 307 g/mol. The first-order valence-electron chi connectivity index (χ1n) is 7.85. The normalized spacial score (nSPS) is 10.2. The van der Waals surface area contributed by atoms with Crippen molar-refractivity contribution in [2.45, 2.75) is 33.1 Å². The van der Waals surface area contributed by atoms with E-state index >= 15 is 0 Å². The van der Waals surface area contributed by atoms with Gasteiger partial charge < -0.3 is 5.11 Å². The lowest BCUT2D eigenvalue weighted by atomic mass is 10.0. The van der Waals surface area contributed by atoms with Crippen LogP contribution in [0.4, 0.5) is 0 Å². The van der Waals surface area contributed by atoms with Crippen LogP contribution in [0.3, 0.4) is 0 Å². The summed E-state index contributed by atoms with van der Waals surface area (Å²) in [5, 5.41) is 8.83. The molecule has 0 aliphatic heterocycles. The van der Waals surface area contributed by atoms with E-state index in [1.54, 1.807) is 6.07 Å². The van der Waals surface area contributed by atoms with Crippen LogP contribution in [-0.2, 0) is 6.42 Å². The van der Waals surface area contributed by atoms with Crippen LogP contribution in [0.25, 0.3) is 0 Å². The van der Waals surface area contributed by atoms with Crippen molar-refractivity contribution in [2.24, 2.45) is 5.92 Å². The van der Waals surface area contributed by atoms with Crippen molar-refractivity contribution in [3.05, 3.63) is 65.0 Å². The molecule has 0 spiro atoms. The number of pyridine rings is 1. The van der Waals surface area contributed by atoms with Crippen LogP contribution in [0.1, 0.15) is 53.9 Å². The van der Waals surface area contributed by atoms with Crippen LogP contribution in [0, 0.1) is 17.8 Å². The molecule has 1 aromatic heterocycles. The molecule has 23 heavy (non-hydrogen) atoms. The van der Waals surface area contributed by atoms with Gasteiger partial charge in [0.05, 0.1) is 5.56 Å². The number of hydrogen-bond donors (Lipinski definition) is 1. The fourth-order valence-corrected chi connectivity index (χ4v) is 2.20. The summed E-state index contributed by atoms with van der Waals surface area (Å²) >= 11 is 0. The number of rotatable bonds is 5. The molecule has 0 unspecified atom stereocenters. The fraction of sp³-hybridized carbons (Fsp3) is 0.300. The van der Waals surface area contributed by atoms with Gasteiger partial charge in [0.1, 0.15) is 5.69 Å². The smallest absolute Gasteiger partial charge is 0.337 e. The minimum Gasteiger partial charge on any atom is -0.478 e. The molecule has 1 heterocycles. The van der Waals surface area contributed by atoms with Crippen molar-refractivity contribution in [3.8, 4) is 11.8 Å². The molecule has 0 amide bonds. The van der Waals surface area contributed by atoms with Gasteiger partial charge in [-0.15, -0.1) is 0 Å². The van der Waals surface area contributed by atoms with E-state index in [-0.39, 0.29) is 5.56 Å². The quantitative estimate of drug-likeness (QED) is 0.844. The molecule has 0 fully saturated rings. The van der Waals surface area contributed by atoms with E-state index in [0.717, 1.165) is 17.9 Å². The Morgan fingerprint density at radius 3 is 2.43 bits per heavy atom.